The zero-order chi connectivity index (χ0) is 21.3. The van der Waals surface area contributed by atoms with Gasteiger partial charge in [-0.15, -0.1) is 0 Å². The number of thiazole rings is 1. The maximum atomic E-state index is 13.4. The van der Waals surface area contributed by atoms with Gasteiger partial charge in [-0.1, -0.05) is 47.2 Å². The quantitative estimate of drug-likeness (QED) is 0.586. The Kier molecular flexibility index (Phi) is 5.65. The number of rotatable bonds is 4. The summed E-state index contributed by atoms with van der Waals surface area (Å²) >= 11 is 7.72. The zero-order valence-electron chi connectivity index (χ0n) is 16.3. The number of aromatic nitrogens is 2. The lowest BCUT2D eigenvalue weighted by Crippen LogP contribution is -2.40. The van der Waals surface area contributed by atoms with E-state index in [1.165, 1.54) is 15.9 Å². The molecule has 3 aromatic rings. The number of hydrogen-bond donors (Lipinski definition) is 0. The molecule has 4 rings (SSSR count). The minimum absolute atomic E-state index is 0.217. The van der Waals surface area contributed by atoms with Crippen LogP contribution < -0.4 is 14.9 Å². The maximum absolute atomic E-state index is 13.4. The Balaban J connectivity index is 1.99. The summed E-state index contributed by atoms with van der Waals surface area (Å²) in [5.74, 6) is -0.511. The first-order valence-electron chi connectivity index (χ1n) is 9.36. The number of pyridine rings is 1. The van der Waals surface area contributed by atoms with Gasteiger partial charge in [0.25, 0.3) is 5.56 Å². The molecule has 1 aliphatic rings. The molecular formula is C22H18ClN3O3S. The molecule has 0 bridgehead atoms. The Morgan fingerprint density at radius 1 is 1.27 bits per heavy atom. The van der Waals surface area contributed by atoms with Crippen molar-refractivity contribution in [3.05, 3.63) is 95.9 Å². The third-order valence-corrected chi connectivity index (χ3v) is 6.01. The lowest BCUT2D eigenvalue weighted by Gasteiger charge is -2.25. The molecule has 0 amide bonds. The van der Waals surface area contributed by atoms with Crippen LogP contribution in [0.5, 0.6) is 0 Å². The van der Waals surface area contributed by atoms with Gasteiger partial charge in [0, 0.05) is 11.2 Å². The van der Waals surface area contributed by atoms with E-state index in [1.54, 1.807) is 44.3 Å². The summed E-state index contributed by atoms with van der Waals surface area (Å²) in [6.45, 7) is 3.70. The number of esters is 1. The van der Waals surface area contributed by atoms with Crippen LogP contribution in [0, 0.1) is 0 Å². The highest BCUT2D eigenvalue weighted by Gasteiger charge is 2.34. The fourth-order valence-corrected chi connectivity index (χ4v) is 4.65. The first-order valence-corrected chi connectivity index (χ1v) is 10.6. The molecule has 30 heavy (non-hydrogen) atoms. The lowest BCUT2D eigenvalue weighted by atomic mass is 9.96. The van der Waals surface area contributed by atoms with Crippen molar-refractivity contribution >= 4 is 35.0 Å². The van der Waals surface area contributed by atoms with Crippen molar-refractivity contribution in [2.75, 3.05) is 6.61 Å². The predicted molar refractivity (Wildman–Crippen MR) is 116 cm³/mol. The van der Waals surface area contributed by atoms with E-state index in [1.807, 2.05) is 24.3 Å². The number of halogens is 1. The predicted octanol–water partition coefficient (Wildman–Crippen LogP) is 2.85. The van der Waals surface area contributed by atoms with Gasteiger partial charge in [0.15, 0.2) is 4.80 Å². The first-order chi connectivity index (χ1) is 14.5. The summed E-state index contributed by atoms with van der Waals surface area (Å²) in [6, 6.07) is 11.9. The SMILES string of the molecule is CCOC(=O)C1=C(C)N=c2s/c(=C\c3ccccn3)c(=O)n2[C@@H]1c1ccccc1Cl. The van der Waals surface area contributed by atoms with Gasteiger partial charge in [0.1, 0.15) is 6.04 Å². The molecule has 0 aliphatic carbocycles. The Morgan fingerprint density at radius 2 is 2.03 bits per heavy atom. The van der Waals surface area contributed by atoms with Crippen LogP contribution >= 0.6 is 22.9 Å². The van der Waals surface area contributed by atoms with E-state index in [9.17, 15) is 9.59 Å². The van der Waals surface area contributed by atoms with Crippen molar-refractivity contribution in [2.24, 2.45) is 4.99 Å². The van der Waals surface area contributed by atoms with Crippen LogP contribution in [0.4, 0.5) is 0 Å². The molecule has 1 aromatic carbocycles. The Hall–Kier alpha value is -3.03. The van der Waals surface area contributed by atoms with Gasteiger partial charge in [-0.25, -0.2) is 9.79 Å². The van der Waals surface area contributed by atoms with E-state index in [0.29, 0.717) is 36.9 Å². The van der Waals surface area contributed by atoms with E-state index >= 15 is 0 Å². The normalized spacial score (nSPS) is 16.2. The molecule has 3 heterocycles. The van der Waals surface area contributed by atoms with Crippen LogP contribution in [0.3, 0.4) is 0 Å². The monoisotopic (exact) mass is 439 g/mol. The van der Waals surface area contributed by atoms with Gasteiger partial charge in [-0.3, -0.25) is 14.3 Å². The zero-order valence-corrected chi connectivity index (χ0v) is 17.9. The van der Waals surface area contributed by atoms with E-state index in [4.69, 9.17) is 16.3 Å². The molecule has 2 aromatic heterocycles. The standard InChI is InChI=1S/C22H18ClN3O3S/c1-3-29-21(28)18-13(2)25-22-26(19(18)15-9-4-5-10-16(15)23)20(27)17(30-22)12-14-8-6-7-11-24-14/h4-12,19H,3H2,1-2H3/b17-12-/t19-/m1/s1. The Labute approximate surface area is 181 Å². The van der Waals surface area contributed by atoms with Crippen molar-refractivity contribution in [3.8, 4) is 0 Å². The number of ether oxygens (including phenoxy) is 1. The smallest absolute Gasteiger partial charge is 0.338 e. The first kappa shape index (κ1) is 20.3. The number of allylic oxidation sites excluding steroid dienone is 1. The summed E-state index contributed by atoms with van der Waals surface area (Å²) in [5.41, 5.74) is 1.86. The van der Waals surface area contributed by atoms with E-state index in [2.05, 4.69) is 9.98 Å². The molecule has 0 N–H and O–H groups in total. The van der Waals surface area contributed by atoms with Crippen LogP contribution in [0.2, 0.25) is 5.02 Å². The molecule has 0 unspecified atom stereocenters. The minimum Gasteiger partial charge on any atom is -0.463 e. The molecule has 0 spiro atoms. The van der Waals surface area contributed by atoms with Crippen molar-refractivity contribution in [1.82, 2.24) is 9.55 Å². The van der Waals surface area contributed by atoms with Gasteiger partial charge in [-0.2, -0.15) is 0 Å². The molecule has 0 saturated carbocycles. The van der Waals surface area contributed by atoms with Crippen LogP contribution in [-0.2, 0) is 9.53 Å². The van der Waals surface area contributed by atoms with Gasteiger partial charge in [0.2, 0.25) is 0 Å². The van der Waals surface area contributed by atoms with Crippen LogP contribution in [-0.4, -0.2) is 22.1 Å². The fraction of sp³-hybridized carbons (Fsp3) is 0.182. The highest BCUT2D eigenvalue weighted by Crippen LogP contribution is 2.34. The number of carbonyl (C=O) groups is 1. The third-order valence-electron chi connectivity index (χ3n) is 4.68. The lowest BCUT2D eigenvalue weighted by molar-refractivity contribution is -0.139. The molecule has 1 aliphatic heterocycles. The van der Waals surface area contributed by atoms with Gasteiger partial charge in [0.05, 0.1) is 28.1 Å². The van der Waals surface area contributed by atoms with Crippen LogP contribution in [0.1, 0.15) is 31.1 Å². The number of carbonyl (C=O) groups excluding carboxylic acids is 1. The van der Waals surface area contributed by atoms with E-state index < -0.39 is 12.0 Å². The average molecular weight is 440 g/mol. The Morgan fingerprint density at radius 3 is 2.73 bits per heavy atom. The summed E-state index contributed by atoms with van der Waals surface area (Å²) in [4.78, 5) is 35.5. The molecule has 0 radical (unpaired) electrons. The maximum Gasteiger partial charge on any atom is 0.338 e. The second-order valence-corrected chi connectivity index (χ2v) is 7.99. The molecule has 0 saturated heterocycles. The molecule has 152 valence electrons. The van der Waals surface area contributed by atoms with E-state index in [0.717, 1.165) is 0 Å². The van der Waals surface area contributed by atoms with Crippen LogP contribution in [0.25, 0.3) is 6.08 Å². The second kappa shape index (κ2) is 8.38. The van der Waals surface area contributed by atoms with Crippen molar-refractivity contribution < 1.29 is 9.53 Å². The molecule has 6 nitrogen and oxygen atoms in total. The fourth-order valence-electron chi connectivity index (χ4n) is 3.38. The topological polar surface area (TPSA) is 73.6 Å². The molecular weight excluding hydrogens is 422 g/mol. The summed E-state index contributed by atoms with van der Waals surface area (Å²) in [6.07, 6.45) is 3.38. The summed E-state index contributed by atoms with van der Waals surface area (Å²) in [5, 5.41) is 0.457. The minimum atomic E-state index is -0.722. The largest absolute Gasteiger partial charge is 0.463 e. The number of benzene rings is 1. The summed E-state index contributed by atoms with van der Waals surface area (Å²) in [7, 11) is 0. The van der Waals surface area contributed by atoms with Crippen molar-refractivity contribution in [1.29, 1.82) is 0 Å². The average Bonchev–Trinajstić information content (AvgIpc) is 3.03. The summed E-state index contributed by atoms with van der Waals surface area (Å²) < 4.78 is 7.26. The van der Waals surface area contributed by atoms with Crippen molar-refractivity contribution in [3.63, 3.8) is 0 Å². The highest BCUT2D eigenvalue weighted by atomic mass is 35.5. The van der Waals surface area contributed by atoms with E-state index in [-0.39, 0.29) is 12.2 Å². The number of fused-ring (bicyclic) bond motifs is 1. The van der Waals surface area contributed by atoms with Crippen molar-refractivity contribution in [2.45, 2.75) is 19.9 Å². The second-order valence-electron chi connectivity index (χ2n) is 6.58. The number of hydrogen-bond acceptors (Lipinski definition) is 6. The third kappa shape index (κ3) is 3.62. The molecule has 0 fully saturated rings. The van der Waals surface area contributed by atoms with Gasteiger partial charge in [-0.05, 0) is 43.7 Å². The molecule has 8 heteroatoms. The Bertz CT molecular complexity index is 1330. The van der Waals surface area contributed by atoms with Gasteiger partial charge >= 0.3 is 5.97 Å². The number of nitrogens with zero attached hydrogens (tertiary/aromatic N) is 3. The van der Waals surface area contributed by atoms with Gasteiger partial charge < -0.3 is 4.74 Å². The highest BCUT2D eigenvalue weighted by molar-refractivity contribution is 7.07. The molecule has 1 atom stereocenters. The van der Waals surface area contributed by atoms with Crippen LogP contribution in [0.15, 0.2) is 69.7 Å².